The van der Waals surface area contributed by atoms with Gasteiger partial charge in [-0.2, -0.15) is 0 Å². The summed E-state index contributed by atoms with van der Waals surface area (Å²) in [5.74, 6) is 0. The van der Waals surface area contributed by atoms with Crippen molar-refractivity contribution in [3.63, 3.8) is 0 Å². The lowest BCUT2D eigenvalue weighted by Gasteiger charge is -2.43. The standard InChI is InChI=1S/C16H25NO/c1-11-6-13(15(3,4)5)7-12(2)14(11)16(8-17)9-18-10-16/h6-7H,8-10,17H2,1-5H3. The van der Waals surface area contributed by atoms with Crippen molar-refractivity contribution < 1.29 is 4.74 Å². The molecule has 0 atom stereocenters. The zero-order chi connectivity index (χ0) is 13.6. The number of ether oxygens (including phenoxy) is 1. The van der Waals surface area contributed by atoms with Crippen LogP contribution in [0.5, 0.6) is 0 Å². The quantitative estimate of drug-likeness (QED) is 0.872. The minimum absolute atomic E-state index is 0.0601. The van der Waals surface area contributed by atoms with Crippen LogP contribution in [-0.2, 0) is 15.6 Å². The van der Waals surface area contributed by atoms with Gasteiger partial charge in [-0.1, -0.05) is 32.9 Å². The van der Waals surface area contributed by atoms with Crippen molar-refractivity contribution in [3.8, 4) is 0 Å². The Hall–Kier alpha value is -0.860. The van der Waals surface area contributed by atoms with Crippen LogP contribution in [-0.4, -0.2) is 19.8 Å². The maximum Gasteiger partial charge on any atom is 0.0598 e. The van der Waals surface area contributed by atoms with E-state index in [-0.39, 0.29) is 10.8 Å². The van der Waals surface area contributed by atoms with Crippen molar-refractivity contribution in [3.05, 3.63) is 34.4 Å². The molecule has 0 unspecified atom stereocenters. The molecule has 100 valence electrons. The lowest BCUT2D eigenvalue weighted by Crippen LogP contribution is -2.53. The molecule has 1 saturated heterocycles. The highest BCUT2D eigenvalue weighted by Crippen LogP contribution is 2.37. The van der Waals surface area contributed by atoms with Crippen LogP contribution in [0.1, 0.15) is 43.0 Å². The number of rotatable bonds is 2. The number of nitrogens with two attached hydrogens (primary N) is 1. The van der Waals surface area contributed by atoms with Gasteiger partial charge in [0.05, 0.1) is 18.6 Å². The molecule has 1 heterocycles. The third-order valence-corrected chi connectivity index (χ3v) is 4.08. The van der Waals surface area contributed by atoms with Crippen molar-refractivity contribution in [2.45, 2.75) is 45.4 Å². The second-order valence-electron chi connectivity index (χ2n) is 6.71. The van der Waals surface area contributed by atoms with Crippen LogP contribution >= 0.6 is 0 Å². The van der Waals surface area contributed by atoms with Gasteiger partial charge in [0, 0.05) is 6.54 Å². The molecule has 1 aromatic rings. The van der Waals surface area contributed by atoms with E-state index in [0.717, 1.165) is 13.2 Å². The second-order valence-corrected chi connectivity index (χ2v) is 6.71. The largest absolute Gasteiger partial charge is 0.379 e. The fraction of sp³-hybridized carbons (Fsp3) is 0.625. The molecule has 0 aromatic heterocycles. The Balaban J connectivity index is 2.51. The zero-order valence-corrected chi connectivity index (χ0v) is 12.3. The van der Waals surface area contributed by atoms with Crippen molar-refractivity contribution >= 4 is 0 Å². The SMILES string of the molecule is Cc1cc(C(C)(C)C)cc(C)c1C1(CN)COC1. The van der Waals surface area contributed by atoms with E-state index < -0.39 is 0 Å². The number of benzene rings is 1. The summed E-state index contributed by atoms with van der Waals surface area (Å²) in [5.41, 5.74) is 11.8. The molecular formula is C16H25NO. The molecule has 18 heavy (non-hydrogen) atoms. The highest BCUT2D eigenvalue weighted by Gasteiger charge is 2.41. The van der Waals surface area contributed by atoms with Gasteiger partial charge in [-0.3, -0.25) is 0 Å². The van der Waals surface area contributed by atoms with Crippen LogP contribution in [0.4, 0.5) is 0 Å². The Kier molecular flexibility index (Phi) is 3.28. The van der Waals surface area contributed by atoms with Crippen molar-refractivity contribution in [2.75, 3.05) is 19.8 Å². The van der Waals surface area contributed by atoms with Crippen LogP contribution in [0.2, 0.25) is 0 Å². The minimum atomic E-state index is 0.0601. The molecular weight excluding hydrogens is 222 g/mol. The van der Waals surface area contributed by atoms with Gasteiger partial charge in [0.2, 0.25) is 0 Å². The Bertz CT molecular complexity index is 424. The molecule has 1 aliphatic heterocycles. The van der Waals surface area contributed by atoms with Gasteiger partial charge < -0.3 is 10.5 Å². The first kappa shape index (κ1) is 13.6. The predicted molar refractivity (Wildman–Crippen MR) is 76.2 cm³/mol. The summed E-state index contributed by atoms with van der Waals surface area (Å²) in [6.07, 6.45) is 0. The minimum Gasteiger partial charge on any atom is -0.379 e. The molecule has 2 rings (SSSR count). The second kappa shape index (κ2) is 4.36. The molecule has 0 radical (unpaired) electrons. The molecule has 0 saturated carbocycles. The summed E-state index contributed by atoms with van der Waals surface area (Å²) in [7, 11) is 0. The fourth-order valence-corrected chi connectivity index (χ4v) is 2.95. The molecule has 0 amide bonds. The molecule has 1 fully saturated rings. The van der Waals surface area contributed by atoms with Gasteiger partial charge >= 0.3 is 0 Å². The Labute approximate surface area is 111 Å². The molecule has 0 aliphatic carbocycles. The van der Waals surface area contributed by atoms with Crippen LogP contribution in [0.15, 0.2) is 12.1 Å². The first-order valence-corrected chi connectivity index (χ1v) is 6.70. The topological polar surface area (TPSA) is 35.2 Å². The lowest BCUT2D eigenvalue weighted by atomic mass is 9.72. The Morgan fingerprint density at radius 1 is 1.17 bits per heavy atom. The average Bonchev–Trinajstić information content (AvgIpc) is 2.19. The van der Waals surface area contributed by atoms with E-state index in [9.17, 15) is 0 Å². The van der Waals surface area contributed by atoms with Crippen LogP contribution < -0.4 is 5.73 Å². The van der Waals surface area contributed by atoms with Gasteiger partial charge in [-0.05, 0) is 41.5 Å². The molecule has 0 spiro atoms. The van der Waals surface area contributed by atoms with Crippen LogP contribution in [0.25, 0.3) is 0 Å². The summed E-state index contributed by atoms with van der Waals surface area (Å²) in [6.45, 7) is 13.4. The summed E-state index contributed by atoms with van der Waals surface area (Å²) in [6, 6.07) is 4.64. The van der Waals surface area contributed by atoms with Gasteiger partial charge in [0.1, 0.15) is 0 Å². The molecule has 2 N–H and O–H groups in total. The molecule has 0 bridgehead atoms. The molecule has 2 nitrogen and oxygen atoms in total. The zero-order valence-electron chi connectivity index (χ0n) is 12.3. The van der Waals surface area contributed by atoms with E-state index in [1.807, 2.05) is 0 Å². The van der Waals surface area contributed by atoms with E-state index in [4.69, 9.17) is 10.5 Å². The molecule has 2 heteroatoms. The third kappa shape index (κ3) is 2.08. The van der Waals surface area contributed by atoms with E-state index >= 15 is 0 Å². The normalized spacial score (nSPS) is 18.6. The summed E-state index contributed by atoms with van der Waals surface area (Å²) < 4.78 is 5.41. The van der Waals surface area contributed by atoms with Gasteiger partial charge in [-0.25, -0.2) is 0 Å². The van der Waals surface area contributed by atoms with Crippen molar-refractivity contribution in [1.82, 2.24) is 0 Å². The maximum absolute atomic E-state index is 5.98. The Morgan fingerprint density at radius 2 is 1.67 bits per heavy atom. The van der Waals surface area contributed by atoms with Crippen molar-refractivity contribution in [2.24, 2.45) is 5.73 Å². The van der Waals surface area contributed by atoms with Crippen LogP contribution in [0.3, 0.4) is 0 Å². The molecule has 1 aliphatic rings. The van der Waals surface area contributed by atoms with E-state index in [0.29, 0.717) is 6.54 Å². The summed E-state index contributed by atoms with van der Waals surface area (Å²) >= 11 is 0. The smallest absolute Gasteiger partial charge is 0.0598 e. The highest BCUT2D eigenvalue weighted by atomic mass is 16.5. The third-order valence-electron chi connectivity index (χ3n) is 4.08. The van der Waals surface area contributed by atoms with Gasteiger partial charge in [0.25, 0.3) is 0 Å². The number of aryl methyl sites for hydroxylation is 2. The van der Waals surface area contributed by atoms with E-state index in [1.165, 1.54) is 22.3 Å². The van der Waals surface area contributed by atoms with Gasteiger partial charge in [-0.15, -0.1) is 0 Å². The number of hydrogen-bond acceptors (Lipinski definition) is 2. The monoisotopic (exact) mass is 247 g/mol. The predicted octanol–water partition coefficient (Wildman–Crippen LogP) is 2.83. The van der Waals surface area contributed by atoms with E-state index in [2.05, 4.69) is 46.8 Å². The van der Waals surface area contributed by atoms with Crippen molar-refractivity contribution in [1.29, 1.82) is 0 Å². The summed E-state index contributed by atoms with van der Waals surface area (Å²) in [5, 5.41) is 0. The number of hydrogen-bond donors (Lipinski definition) is 1. The fourth-order valence-electron chi connectivity index (χ4n) is 2.95. The van der Waals surface area contributed by atoms with Crippen LogP contribution in [0, 0.1) is 13.8 Å². The molecule has 1 aromatic carbocycles. The lowest BCUT2D eigenvalue weighted by molar-refractivity contribution is -0.0556. The first-order chi connectivity index (χ1) is 8.30. The van der Waals surface area contributed by atoms with Gasteiger partial charge in [0.15, 0.2) is 0 Å². The summed E-state index contributed by atoms with van der Waals surface area (Å²) in [4.78, 5) is 0. The average molecular weight is 247 g/mol. The van der Waals surface area contributed by atoms with E-state index in [1.54, 1.807) is 0 Å². The Morgan fingerprint density at radius 3 is 1.94 bits per heavy atom. The first-order valence-electron chi connectivity index (χ1n) is 6.70. The maximum atomic E-state index is 5.98. The highest BCUT2D eigenvalue weighted by molar-refractivity contribution is 5.46.